The Morgan fingerprint density at radius 3 is 2.39 bits per heavy atom. The van der Waals surface area contributed by atoms with Gasteiger partial charge in [0.25, 0.3) is 5.91 Å². The first kappa shape index (κ1) is 19.6. The van der Waals surface area contributed by atoms with Gasteiger partial charge < -0.3 is 10.0 Å². The van der Waals surface area contributed by atoms with Crippen LogP contribution in [0.4, 0.5) is 4.39 Å². The molecule has 0 fully saturated rings. The largest absolute Gasteiger partial charge is 0.508 e. The SMILES string of the molecule is CCN(Cc1c(C)nn(C)c1C)C(=O)c1ccc(-c2ccc(O)cc2F)cc1. The zero-order valence-electron chi connectivity index (χ0n) is 16.5. The molecule has 1 N–H and O–H groups in total. The third-order valence-electron chi connectivity index (χ3n) is 5.07. The fourth-order valence-electron chi connectivity index (χ4n) is 3.28. The fraction of sp³-hybridized carbons (Fsp3) is 0.273. The van der Waals surface area contributed by atoms with Crippen molar-refractivity contribution >= 4 is 5.91 Å². The molecule has 0 saturated heterocycles. The van der Waals surface area contributed by atoms with Gasteiger partial charge in [-0.15, -0.1) is 0 Å². The van der Waals surface area contributed by atoms with Gasteiger partial charge in [0.2, 0.25) is 0 Å². The molecule has 1 amide bonds. The number of aryl methyl sites for hydroxylation is 2. The molecule has 1 heterocycles. The van der Waals surface area contributed by atoms with E-state index in [1.165, 1.54) is 12.1 Å². The second kappa shape index (κ2) is 7.84. The number of carbonyl (C=O) groups is 1. The van der Waals surface area contributed by atoms with Crippen LogP contribution < -0.4 is 0 Å². The van der Waals surface area contributed by atoms with Gasteiger partial charge in [0.15, 0.2) is 0 Å². The Hall–Kier alpha value is -3.15. The minimum Gasteiger partial charge on any atom is -0.508 e. The van der Waals surface area contributed by atoms with Crippen molar-refractivity contribution in [2.24, 2.45) is 7.05 Å². The highest BCUT2D eigenvalue weighted by atomic mass is 19.1. The maximum Gasteiger partial charge on any atom is 0.254 e. The Morgan fingerprint density at radius 2 is 1.86 bits per heavy atom. The highest BCUT2D eigenvalue weighted by molar-refractivity contribution is 5.94. The normalized spacial score (nSPS) is 10.9. The fourth-order valence-corrected chi connectivity index (χ4v) is 3.28. The van der Waals surface area contributed by atoms with Crippen LogP contribution in [0.15, 0.2) is 42.5 Å². The van der Waals surface area contributed by atoms with Crippen molar-refractivity contribution in [3.8, 4) is 16.9 Å². The van der Waals surface area contributed by atoms with Crippen LogP contribution in [0.25, 0.3) is 11.1 Å². The average molecular weight is 381 g/mol. The smallest absolute Gasteiger partial charge is 0.254 e. The van der Waals surface area contributed by atoms with Crippen molar-refractivity contribution in [1.82, 2.24) is 14.7 Å². The lowest BCUT2D eigenvalue weighted by atomic mass is 10.0. The van der Waals surface area contributed by atoms with Crippen LogP contribution in [0.5, 0.6) is 5.75 Å². The topological polar surface area (TPSA) is 58.4 Å². The second-order valence-corrected chi connectivity index (χ2v) is 6.83. The summed E-state index contributed by atoms with van der Waals surface area (Å²) in [6, 6.07) is 10.9. The van der Waals surface area contributed by atoms with Gasteiger partial charge in [0, 0.05) is 48.6 Å². The zero-order chi connectivity index (χ0) is 20.4. The molecule has 0 atom stereocenters. The molecule has 0 aliphatic carbocycles. The van der Waals surface area contributed by atoms with E-state index in [4.69, 9.17) is 0 Å². The van der Waals surface area contributed by atoms with E-state index in [0.29, 0.717) is 29.8 Å². The van der Waals surface area contributed by atoms with Gasteiger partial charge in [0.1, 0.15) is 11.6 Å². The molecule has 3 aromatic rings. The predicted molar refractivity (Wildman–Crippen MR) is 107 cm³/mol. The number of hydrogen-bond donors (Lipinski definition) is 1. The first-order valence-electron chi connectivity index (χ1n) is 9.19. The number of aromatic hydroxyl groups is 1. The van der Waals surface area contributed by atoms with E-state index in [1.54, 1.807) is 29.2 Å². The summed E-state index contributed by atoms with van der Waals surface area (Å²) in [5.74, 6) is -0.702. The Bertz CT molecular complexity index is 1010. The van der Waals surface area contributed by atoms with Crippen molar-refractivity contribution in [1.29, 1.82) is 0 Å². The average Bonchev–Trinajstić information content (AvgIpc) is 2.91. The molecule has 3 rings (SSSR count). The van der Waals surface area contributed by atoms with Crippen LogP contribution in [-0.4, -0.2) is 32.2 Å². The number of nitrogens with zero attached hydrogens (tertiary/aromatic N) is 3. The third kappa shape index (κ3) is 3.76. The molecule has 0 bridgehead atoms. The van der Waals surface area contributed by atoms with Crippen LogP contribution >= 0.6 is 0 Å². The van der Waals surface area contributed by atoms with Gasteiger partial charge in [-0.3, -0.25) is 9.48 Å². The molecule has 0 spiro atoms. The number of benzene rings is 2. The van der Waals surface area contributed by atoms with Gasteiger partial charge in [-0.1, -0.05) is 12.1 Å². The molecule has 0 radical (unpaired) electrons. The summed E-state index contributed by atoms with van der Waals surface area (Å²) in [6.07, 6.45) is 0. The Labute approximate surface area is 164 Å². The minimum atomic E-state index is -0.503. The molecular formula is C22H24FN3O2. The summed E-state index contributed by atoms with van der Waals surface area (Å²) in [4.78, 5) is 14.7. The molecule has 0 aliphatic heterocycles. The molecule has 5 nitrogen and oxygen atoms in total. The van der Waals surface area contributed by atoms with Crippen molar-refractivity contribution in [2.45, 2.75) is 27.3 Å². The van der Waals surface area contributed by atoms with E-state index in [0.717, 1.165) is 23.0 Å². The van der Waals surface area contributed by atoms with E-state index >= 15 is 0 Å². The van der Waals surface area contributed by atoms with Gasteiger partial charge in [-0.25, -0.2) is 4.39 Å². The molecule has 1 aromatic heterocycles. The summed E-state index contributed by atoms with van der Waals surface area (Å²) < 4.78 is 15.9. The van der Waals surface area contributed by atoms with Gasteiger partial charge in [0.05, 0.1) is 5.69 Å². The molecule has 0 saturated carbocycles. The number of carbonyl (C=O) groups excluding carboxylic acids is 1. The molecular weight excluding hydrogens is 357 g/mol. The first-order chi connectivity index (χ1) is 13.3. The second-order valence-electron chi connectivity index (χ2n) is 6.83. The number of phenolic OH excluding ortho intramolecular Hbond substituents is 1. The van der Waals surface area contributed by atoms with Crippen molar-refractivity contribution in [2.75, 3.05) is 6.54 Å². The highest BCUT2D eigenvalue weighted by Crippen LogP contribution is 2.26. The van der Waals surface area contributed by atoms with E-state index in [1.807, 2.05) is 32.5 Å². The van der Waals surface area contributed by atoms with Crippen LogP contribution in [0.2, 0.25) is 0 Å². The van der Waals surface area contributed by atoms with E-state index in [2.05, 4.69) is 5.10 Å². The maximum atomic E-state index is 14.1. The first-order valence-corrected chi connectivity index (χ1v) is 9.19. The summed E-state index contributed by atoms with van der Waals surface area (Å²) in [5.41, 5.74) is 4.59. The quantitative estimate of drug-likeness (QED) is 0.720. The lowest BCUT2D eigenvalue weighted by Crippen LogP contribution is -2.30. The summed E-state index contributed by atoms with van der Waals surface area (Å²) in [5, 5.41) is 13.8. The number of phenols is 1. The molecule has 0 unspecified atom stereocenters. The molecule has 0 aliphatic rings. The monoisotopic (exact) mass is 381 g/mol. The summed E-state index contributed by atoms with van der Waals surface area (Å²) in [7, 11) is 1.89. The zero-order valence-corrected chi connectivity index (χ0v) is 16.5. The van der Waals surface area contributed by atoms with Crippen molar-refractivity contribution in [3.05, 3.63) is 70.8 Å². The van der Waals surface area contributed by atoms with E-state index in [9.17, 15) is 14.3 Å². The van der Waals surface area contributed by atoms with Gasteiger partial charge >= 0.3 is 0 Å². The van der Waals surface area contributed by atoms with Gasteiger partial charge in [-0.05, 0) is 50.6 Å². The van der Waals surface area contributed by atoms with E-state index < -0.39 is 5.82 Å². The molecule has 6 heteroatoms. The van der Waals surface area contributed by atoms with E-state index in [-0.39, 0.29) is 11.7 Å². The Balaban J connectivity index is 1.82. The summed E-state index contributed by atoms with van der Waals surface area (Å²) in [6.45, 7) is 6.95. The number of amides is 1. The minimum absolute atomic E-state index is 0.0807. The number of rotatable bonds is 5. The molecule has 2 aromatic carbocycles. The van der Waals surface area contributed by atoms with Gasteiger partial charge in [-0.2, -0.15) is 5.10 Å². The highest BCUT2D eigenvalue weighted by Gasteiger charge is 2.19. The third-order valence-corrected chi connectivity index (χ3v) is 5.07. The van der Waals surface area contributed by atoms with Crippen molar-refractivity contribution < 1.29 is 14.3 Å². The van der Waals surface area contributed by atoms with Crippen LogP contribution in [0, 0.1) is 19.7 Å². The number of hydrogen-bond acceptors (Lipinski definition) is 3. The maximum absolute atomic E-state index is 14.1. The standard InChI is InChI=1S/C22H24FN3O2/c1-5-26(13-20-14(2)24-25(4)15(20)3)22(28)17-8-6-16(7-9-17)19-11-10-18(27)12-21(19)23/h6-12,27H,5,13H2,1-4H3. The Kier molecular flexibility index (Phi) is 5.49. The number of aromatic nitrogens is 2. The predicted octanol–water partition coefficient (Wildman–Crippen LogP) is 4.21. The number of halogens is 1. The van der Waals surface area contributed by atoms with Crippen molar-refractivity contribution in [3.63, 3.8) is 0 Å². The van der Waals surface area contributed by atoms with Crippen LogP contribution in [0.1, 0.15) is 34.2 Å². The van der Waals surface area contributed by atoms with Crippen LogP contribution in [0.3, 0.4) is 0 Å². The lowest BCUT2D eigenvalue weighted by molar-refractivity contribution is 0.0752. The lowest BCUT2D eigenvalue weighted by Gasteiger charge is -2.21. The Morgan fingerprint density at radius 1 is 1.18 bits per heavy atom. The molecule has 146 valence electrons. The van der Waals surface area contributed by atoms with Crippen LogP contribution in [-0.2, 0) is 13.6 Å². The molecule has 28 heavy (non-hydrogen) atoms. The summed E-state index contributed by atoms with van der Waals surface area (Å²) >= 11 is 0.